The summed E-state index contributed by atoms with van der Waals surface area (Å²) in [5, 5.41) is 0.763. The zero-order valence-corrected chi connectivity index (χ0v) is 21.9. The van der Waals surface area contributed by atoms with Gasteiger partial charge in [-0.2, -0.15) is 0 Å². The van der Waals surface area contributed by atoms with E-state index in [1.54, 1.807) is 4.90 Å². The van der Waals surface area contributed by atoms with Crippen LogP contribution < -0.4 is 4.90 Å². The Balaban J connectivity index is 1.07. The third-order valence-corrected chi connectivity index (χ3v) is 8.85. The number of piperazine rings is 1. The van der Waals surface area contributed by atoms with Crippen LogP contribution in [0.4, 0.5) is 5.69 Å². The SMILES string of the molecule is CC(=O)N1CCC[C@H]1C(=O)N1CCC2(CC1)C[C@H](CCN1CCN(c3cccc(Cl)c3)CC1)OC2=O. The number of piperidine rings is 1. The molecule has 4 saturated heterocycles. The average molecular weight is 517 g/mol. The molecule has 1 spiro atoms. The fourth-order valence-electron chi connectivity index (χ4n) is 6.40. The van der Waals surface area contributed by atoms with Crippen LogP contribution in [0.15, 0.2) is 24.3 Å². The zero-order valence-electron chi connectivity index (χ0n) is 21.2. The van der Waals surface area contributed by atoms with Gasteiger partial charge in [0.1, 0.15) is 12.1 Å². The molecule has 5 rings (SSSR count). The minimum Gasteiger partial charge on any atom is -0.462 e. The molecular formula is C27H37ClN4O4. The van der Waals surface area contributed by atoms with Gasteiger partial charge >= 0.3 is 5.97 Å². The van der Waals surface area contributed by atoms with Gasteiger partial charge in [-0.25, -0.2) is 0 Å². The highest BCUT2D eigenvalue weighted by molar-refractivity contribution is 6.30. The van der Waals surface area contributed by atoms with Crippen molar-refractivity contribution in [3.63, 3.8) is 0 Å². The Morgan fingerprint density at radius 2 is 1.83 bits per heavy atom. The van der Waals surface area contributed by atoms with Gasteiger partial charge in [-0.15, -0.1) is 0 Å². The first-order chi connectivity index (χ1) is 17.3. The first kappa shape index (κ1) is 25.3. The lowest BCUT2D eigenvalue weighted by Gasteiger charge is -2.38. The van der Waals surface area contributed by atoms with Crippen LogP contribution in [-0.4, -0.2) is 97.0 Å². The molecule has 36 heavy (non-hydrogen) atoms. The van der Waals surface area contributed by atoms with Crippen molar-refractivity contribution in [3.05, 3.63) is 29.3 Å². The van der Waals surface area contributed by atoms with E-state index < -0.39 is 5.41 Å². The molecule has 1 aromatic carbocycles. The molecule has 4 aliphatic rings. The number of carbonyl (C=O) groups is 3. The lowest BCUT2D eigenvalue weighted by atomic mass is 9.75. The second kappa shape index (κ2) is 10.6. The molecule has 9 heteroatoms. The van der Waals surface area contributed by atoms with Crippen LogP contribution in [0.1, 0.15) is 45.4 Å². The van der Waals surface area contributed by atoms with Gasteiger partial charge in [0.15, 0.2) is 0 Å². The fraction of sp³-hybridized carbons (Fsp3) is 0.667. The minimum atomic E-state index is -0.456. The Morgan fingerprint density at radius 1 is 1.08 bits per heavy atom. The smallest absolute Gasteiger partial charge is 0.312 e. The van der Waals surface area contributed by atoms with Crippen molar-refractivity contribution in [2.45, 2.75) is 57.6 Å². The average Bonchev–Trinajstić information content (AvgIpc) is 3.49. The van der Waals surface area contributed by atoms with Crippen LogP contribution >= 0.6 is 11.6 Å². The lowest BCUT2D eigenvalue weighted by molar-refractivity contribution is -0.153. The lowest BCUT2D eigenvalue weighted by Crippen LogP contribution is -2.51. The van der Waals surface area contributed by atoms with Crippen LogP contribution in [0.2, 0.25) is 5.02 Å². The van der Waals surface area contributed by atoms with Crippen molar-refractivity contribution in [1.82, 2.24) is 14.7 Å². The highest BCUT2D eigenvalue weighted by Crippen LogP contribution is 2.44. The van der Waals surface area contributed by atoms with Crippen molar-refractivity contribution in [2.75, 3.05) is 57.3 Å². The Morgan fingerprint density at radius 3 is 2.53 bits per heavy atom. The number of nitrogens with zero attached hydrogens (tertiary/aromatic N) is 4. The molecule has 0 unspecified atom stereocenters. The van der Waals surface area contributed by atoms with E-state index in [4.69, 9.17) is 16.3 Å². The van der Waals surface area contributed by atoms with Crippen LogP contribution in [0.25, 0.3) is 0 Å². The van der Waals surface area contributed by atoms with E-state index >= 15 is 0 Å². The van der Waals surface area contributed by atoms with Crippen LogP contribution in [-0.2, 0) is 19.1 Å². The maximum atomic E-state index is 13.1. The van der Waals surface area contributed by atoms with Gasteiger partial charge in [0.25, 0.3) is 0 Å². The quantitative estimate of drug-likeness (QED) is 0.560. The van der Waals surface area contributed by atoms with E-state index in [2.05, 4.69) is 15.9 Å². The summed E-state index contributed by atoms with van der Waals surface area (Å²) in [7, 11) is 0. The summed E-state index contributed by atoms with van der Waals surface area (Å²) in [5.41, 5.74) is 0.712. The molecule has 196 valence electrons. The molecular weight excluding hydrogens is 480 g/mol. The normalized spacial score (nSPS) is 26.5. The Hall–Kier alpha value is -2.32. The second-order valence-electron chi connectivity index (χ2n) is 10.8. The number of hydrogen-bond donors (Lipinski definition) is 0. The summed E-state index contributed by atoms with van der Waals surface area (Å²) in [4.78, 5) is 46.2. The molecule has 4 heterocycles. The van der Waals surface area contributed by atoms with Gasteiger partial charge in [0.2, 0.25) is 11.8 Å². The molecule has 0 aromatic heterocycles. The summed E-state index contributed by atoms with van der Waals surface area (Å²) in [6, 6.07) is 7.67. The molecule has 4 fully saturated rings. The van der Waals surface area contributed by atoms with Gasteiger partial charge in [-0.1, -0.05) is 17.7 Å². The highest BCUT2D eigenvalue weighted by Gasteiger charge is 2.51. The van der Waals surface area contributed by atoms with Gasteiger partial charge in [-0.05, 0) is 50.3 Å². The molecule has 0 bridgehead atoms. The number of cyclic esters (lactones) is 1. The molecule has 4 aliphatic heterocycles. The third kappa shape index (κ3) is 5.21. The molecule has 0 N–H and O–H groups in total. The molecule has 0 aliphatic carbocycles. The van der Waals surface area contributed by atoms with E-state index in [0.717, 1.165) is 63.4 Å². The number of anilines is 1. The van der Waals surface area contributed by atoms with Crippen LogP contribution in [0, 0.1) is 5.41 Å². The highest BCUT2D eigenvalue weighted by atomic mass is 35.5. The first-order valence-electron chi connectivity index (χ1n) is 13.3. The van der Waals surface area contributed by atoms with Crippen molar-refractivity contribution in [1.29, 1.82) is 0 Å². The van der Waals surface area contributed by atoms with Crippen molar-refractivity contribution < 1.29 is 19.1 Å². The molecule has 8 nitrogen and oxygen atoms in total. The van der Waals surface area contributed by atoms with Crippen molar-refractivity contribution in [3.8, 4) is 0 Å². The number of ether oxygens (including phenoxy) is 1. The number of amides is 2. The molecule has 1 aromatic rings. The van der Waals surface area contributed by atoms with Crippen LogP contribution in [0.3, 0.4) is 0 Å². The van der Waals surface area contributed by atoms with Gasteiger partial charge in [0.05, 0.1) is 5.41 Å². The number of likely N-dealkylation sites (tertiary alicyclic amines) is 2. The fourth-order valence-corrected chi connectivity index (χ4v) is 6.59. The summed E-state index contributed by atoms with van der Waals surface area (Å²) >= 11 is 6.15. The van der Waals surface area contributed by atoms with Gasteiger partial charge < -0.3 is 19.4 Å². The molecule has 2 atom stereocenters. The van der Waals surface area contributed by atoms with Gasteiger partial charge in [0, 0.05) is 76.4 Å². The number of benzene rings is 1. The molecule has 2 amide bonds. The summed E-state index contributed by atoms with van der Waals surface area (Å²) in [5.74, 6) is -0.0820. The Bertz CT molecular complexity index is 988. The topological polar surface area (TPSA) is 73.4 Å². The van der Waals surface area contributed by atoms with E-state index in [1.807, 2.05) is 23.1 Å². The Labute approximate surface area is 218 Å². The number of esters is 1. The van der Waals surface area contributed by atoms with E-state index in [0.29, 0.717) is 32.5 Å². The van der Waals surface area contributed by atoms with E-state index in [1.165, 1.54) is 12.6 Å². The summed E-state index contributed by atoms with van der Waals surface area (Å²) in [6.45, 7) is 8.12. The summed E-state index contributed by atoms with van der Waals surface area (Å²) < 4.78 is 5.85. The maximum absolute atomic E-state index is 13.1. The van der Waals surface area contributed by atoms with Crippen molar-refractivity contribution >= 4 is 35.1 Å². The standard InChI is InChI=1S/C27H37ClN4O4/c1-20(33)32-10-3-6-24(32)25(34)31-12-8-27(9-13-31)19-23(36-26(27)35)7-11-29-14-16-30(17-15-29)22-5-2-4-21(28)18-22/h2,4-5,18,23-24H,3,6-17,19H2,1H3/t23-,24-/m0/s1. The largest absolute Gasteiger partial charge is 0.462 e. The molecule has 0 saturated carbocycles. The minimum absolute atomic E-state index is 0.0348. The van der Waals surface area contributed by atoms with Crippen molar-refractivity contribution in [2.24, 2.45) is 5.41 Å². The summed E-state index contributed by atoms with van der Waals surface area (Å²) in [6.07, 6.45) is 4.46. The first-order valence-corrected chi connectivity index (χ1v) is 13.7. The number of carbonyl (C=O) groups excluding carboxylic acids is 3. The zero-order chi connectivity index (χ0) is 25.3. The Kier molecular flexibility index (Phi) is 7.45. The van der Waals surface area contributed by atoms with Crippen LogP contribution in [0.5, 0.6) is 0 Å². The van der Waals surface area contributed by atoms with Gasteiger partial charge in [-0.3, -0.25) is 19.3 Å². The predicted molar refractivity (Wildman–Crippen MR) is 138 cm³/mol. The maximum Gasteiger partial charge on any atom is 0.312 e. The number of hydrogen-bond acceptors (Lipinski definition) is 6. The second-order valence-corrected chi connectivity index (χ2v) is 11.2. The third-order valence-electron chi connectivity index (χ3n) is 8.61. The van der Waals surface area contributed by atoms with E-state index in [9.17, 15) is 14.4 Å². The molecule has 0 radical (unpaired) electrons. The number of rotatable bonds is 5. The van der Waals surface area contributed by atoms with E-state index in [-0.39, 0.29) is 29.9 Å². The monoisotopic (exact) mass is 516 g/mol. The predicted octanol–water partition coefficient (Wildman–Crippen LogP) is 2.79. The number of halogens is 1.